The van der Waals surface area contributed by atoms with Gasteiger partial charge in [-0.25, -0.2) is 4.98 Å². The maximum absolute atomic E-state index is 13.7. The van der Waals surface area contributed by atoms with Crippen LogP contribution in [-0.4, -0.2) is 72.3 Å². The van der Waals surface area contributed by atoms with Gasteiger partial charge >= 0.3 is 0 Å². The van der Waals surface area contributed by atoms with Gasteiger partial charge in [0.25, 0.3) is 5.91 Å². The lowest BCUT2D eigenvalue weighted by molar-refractivity contribution is 0.0376. The van der Waals surface area contributed by atoms with E-state index >= 15 is 0 Å². The molecule has 0 aliphatic carbocycles. The van der Waals surface area contributed by atoms with Gasteiger partial charge in [-0.15, -0.1) is 0 Å². The zero-order valence-electron chi connectivity index (χ0n) is 18.7. The van der Waals surface area contributed by atoms with Crippen molar-refractivity contribution in [1.29, 1.82) is 0 Å². The Bertz CT molecular complexity index is 1320. The highest BCUT2D eigenvalue weighted by atomic mass is 35.5. The average molecular weight is 498 g/mol. The van der Waals surface area contributed by atoms with Gasteiger partial charge in [0.05, 0.1) is 41.1 Å². The molecule has 1 saturated heterocycles. The fraction of sp³-hybridized carbons (Fsp3) is 0.333. The molecule has 2 aromatic heterocycles. The van der Waals surface area contributed by atoms with Crippen molar-refractivity contribution in [2.24, 2.45) is 0 Å². The Hall–Kier alpha value is -2.85. The summed E-state index contributed by atoms with van der Waals surface area (Å²) >= 11 is 7.84. The monoisotopic (exact) mass is 497 g/mol. The van der Waals surface area contributed by atoms with Crippen molar-refractivity contribution in [2.75, 3.05) is 51.4 Å². The summed E-state index contributed by atoms with van der Waals surface area (Å²) in [6, 6.07) is 8.97. The van der Waals surface area contributed by atoms with Crippen LogP contribution >= 0.6 is 22.9 Å². The molecule has 2 aromatic carbocycles. The van der Waals surface area contributed by atoms with E-state index < -0.39 is 0 Å². The molecule has 34 heavy (non-hydrogen) atoms. The average Bonchev–Trinajstić information content (AvgIpc) is 3.33. The van der Waals surface area contributed by atoms with Crippen LogP contribution < -0.4 is 9.64 Å². The number of hydrogen-bond donors (Lipinski definition) is 0. The Balaban J connectivity index is 1.47. The number of methoxy groups -OCH3 is 1. The summed E-state index contributed by atoms with van der Waals surface area (Å²) in [5, 5.41) is 1.17. The van der Waals surface area contributed by atoms with Crippen LogP contribution in [0.25, 0.3) is 21.3 Å². The van der Waals surface area contributed by atoms with E-state index in [4.69, 9.17) is 26.1 Å². The quantitative estimate of drug-likeness (QED) is 0.377. The topological polar surface area (TPSA) is 80.7 Å². The summed E-state index contributed by atoms with van der Waals surface area (Å²) < 4.78 is 11.7. The number of thiazole rings is 1. The number of morpholine rings is 1. The van der Waals surface area contributed by atoms with Crippen LogP contribution in [0.15, 0.2) is 42.7 Å². The summed E-state index contributed by atoms with van der Waals surface area (Å²) in [4.78, 5) is 31.2. The molecule has 8 nitrogen and oxygen atoms in total. The van der Waals surface area contributed by atoms with Gasteiger partial charge in [-0.05, 0) is 36.8 Å². The number of hydrogen-bond acceptors (Lipinski definition) is 8. The summed E-state index contributed by atoms with van der Waals surface area (Å²) in [7, 11) is 1.60. The van der Waals surface area contributed by atoms with Gasteiger partial charge in [-0.3, -0.25) is 24.6 Å². The minimum absolute atomic E-state index is 0.135. The number of halogens is 1. The molecule has 0 saturated carbocycles. The van der Waals surface area contributed by atoms with Crippen LogP contribution in [-0.2, 0) is 4.74 Å². The summed E-state index contributed by atoms with van der Waals surface area (Å²) in [6.45, 7) is 4.71. The van der Waals surface area contributed by atoms with E-state index in [2.05, 4.69) is 14.9 Å². The number of ether oxygens (including phenoxy) is 2. The summed E-state index contributed by atoms with van der Waals surface area (Å²) in [5.41, 5.74) is 2.62. The molecule has 0 unspecified atom stereocenters. The van der Waals surface area contributed by atoms with Crippen LogP contribution in [0.5, 0.6) is 5.75 Å². The minimum Gasteiger partial charge on any atom is -0.494 e. The number of benzene rings is 2. The van der Waals surface area contributed by atoms with Crippen molar-refractivity contribution < 1.29 is 14.3 Å². The van der Waals surface area contributed by atoms with Gasteiger partial charge in [0.2, 0.25) is 0 Å². The first-order valence-electron chi connectivity index (χ1n) is 11.1. The highest BCUT2D eigenvalue weighted by molar-refractivity contribution is 7.23. The second-order valence-electron chi connectivity index (χ2n) is 7.95. The first-order chi connectivity index (χ1) is 16.6. The first-order valence-corrected chi connectivity index (χ1v) is 12.3. The van der Waals surface area contributed by atoms with Gasteiger partial charge in [-0.2, -0.15) is 0 Å². The van der Waals surface area contributed by atoms with Crippen LogP contribution in [0, 0.1) is 0 Å². The number of nitrogens with zero attached hydrogens (tertiary/aromatic N) is 5. The molecule has 10 heteroatoms. The molecule has 1 fully saturated rings. The van der Waals surface area contributed by atoms with Gasteiger partial charge in [0.15, 0.2) is 5.13 Å². The lowest BCUT2D eigenvalue weighted by Crippen LogP contribution is -2.39. The van der Waals surface area contributed by atoms with E-state index in [1.807, 2.05) is 6.07 Å². The molecule has 0 N–H and O–H groups in total. The Morgan fingerprint density at radius 1 is 1.18 bits per heavy atom. The molecular weight excluding hydrogens is 474 g/mol. The predicted octanol–water partition coefficient (Wildman–Crippen LogP) is 4.27. The molecule has 0 bridgehead atoms. The van der Waals surface area contributed by atoms with E-state index in [-0.39, 0.29) is 5.91 Å². The number of aromatic nitrogens is 3. The summed E-state index contributed by atoms with van der Waals surface area (Å²) in [6.07, 6.45) is 4.07. The van der Waals surface area contributed by atoms with Crippen LogP contribution in [0.2, 0.25) is 5.02 Å². The zero-order valence-corrected chi connectivity index (χ0v) is 20.3. The van der Waals surface area contributed by atoms with Crippen LogP contribution in [0.1, 0.15) is 16.8 Å². The van der Waals surface area contributed by atoms with Crippen molar-refractivity contribution in [1.82, 2.24) is 19.9 Å². The van der Waals surface area contributed by atoms with E-state index in [0.29, 0.717) is 39.0 Å². The van der Waals surface area contributed by atoms with E-state index in [9.17, 15) is 4.79 Å². The van der Waals surface area contributed by atoms with Crippen molar-refractivity contribution >= 4 is 55.2 Å². The van der Waals surface area contributed by atoms with E-state index in [1.165, 1.54) is 11.3 Å². The van der Waals surface area contributed by atoms with Crippen molar-refractivity contribution in [3.63, 3.8) is 0 Å². The van der Waals surface area contributed by atoms with E-state index in [1.54, 1.807) is 48.7 Å². The fourth-order valence-corrected chi connectivity index (χ4v) is 5.32. The lowest BCUT2D eigenvalue weighted by atomic mass is 10.1. The third-order valence-electron chi connectivity index (χ3n) is 5.82. The van der Waals surface area contributed by atoms with Crippen LogP contribution in [0.3, 0.4) is 0 Å². The normalized spacial score (nSPS) is 14.5. The second-order valence-corrected chi connectivity index (χ2v) is 9.33. The number of amides is 1. The van der Waals surface area contributed by atoms with Gasteiger partial charge in [0, 0.05) is 44.1 Å². The highest BCUT2D eigenvalue weighted by Gasteiger charge is 2.24. The molecule has 0 atom stereocenters. The Labute approximate surface area is 206 Å². The molecule has 0 radical (unpaired) electrons. The Morgan fingerprint density at radius 3 is 2.76 bits per heavy atom. The highest BCUT2D eigenvalue weighted by Crippen LogP contribution is 2.39. The van der Waals surface area contributed by atoms with Gasteiger partial charge in [0.1, 0.15) is 11.3 Å². The SMILES string of the molecule is COc1ccc(Cl)c2sc(N(CCCN3CCOCC3)C(=O)c3ccc4nccnc4c3)nc12. The molecule has 1 aliphatic heterocycles. The Kier molecular flexibility index (Phi) is 6.87. The zero-order chi connectivity index (χ0) is 23.5. The van der Waals surface area contributed by atoms with Crippen molar-refractivity contribution in [2.45, 2.75) is 6.42 Å². The number of carbonyl (C=O) groups is 1. The minimum atomic E-state index is -0.135. The summed E-state index contributed by atoms with van der Waals surface area (Å²) in [5.74, 6) is 0.493. The fourth-order valence-electron chi connectivity index (χ4n) is 4.03. The number of fused-ring (bicyclic) bond motifs is 2. The smallest absolute Gasteiger partial charge is 0.260 e. The maximum Gasteiger partial charge on any atom is 0.260 e. The Morgan fingerprint density at radius 2 is 1.97 bits per heavy atom. The third kappa shape index (κ3) is 4.69. The van der Waals surface area contributed by atoms with Gasteiger partial charge < -0.3 is 9.47 Å². The first kappa shape index (κ1) is 22.9. The molecule has 4 aromatic rings. The molecule has 3 heterocycles. The predicted molar refractivity (Wildman–Crippen MR) is 134 cm³/mol. The third-order valence-corrected chi connectivity index (χ3v) is 7.36. The molecule has 5 rings (SSSR count). The standard InChI is InChI=1S/C24H24ClN5O3S/c1-32-20-6-4-17(25)22-21(20)28-24(34-22)30(10-2-9-29-11-13-33-14-12-29)23(31)16-3-5-18-19(15-16)27-8-7-26-18/h3-8,15H,2,9-14H2,1H3. The van der Waals surface area contributed by atoms with E-state index in [0.717, 1.165) is 49.5 Å². The number of carbonyl (C=O) groups excluding carboxylic acids is 1. The molecule has 1 aliphatic rings. The second kappa shape index (κ2) is 10.2. The number of rotatable bonds is 7. The molecule has 1 amide bonds. The molecule has 176 valence electrons. The molecular formula is C24H24ClN5O3S. The molecule has 0 spiro atoms. The van der Waals surface area contributed by atoms with Crippen molar-refractivity contribution in [3.8, 4) is 5.75 Å². The van der Waals surface area contributed by atoms with Crippen LogP contribution in [0.4, 0.5) is 5.13 Å². The lowest BCUT2D eigenvalue weighted by Gasteiger charge is -2.27. The van der Waals surface area contributed by atoms with Crippen molar-refractivity contribution in [3.05, 3.63) is 53.3 Å². The van der Waals surface area contributed by atoms with Gasteiger partial charge in [-0.1, -0.05) is 22.9 Å². The largest absolute Gasteiger partial charge is 0.494 e. The number of anilines is 1. The maximum atomic E-state index is 13.7.